The average Bonchev–Trinajstić information content (AvgIpc) is 2.75. The summed E-state index contributed by atoms with van der Waals surface area (Å²) < 4.78 is 0. The van der Waals surface area contributed by atoms with E-state index in [1.807, 2.05) is 37.3 Å². The van der Waals surface area contributed by atoms with E-state index in [2.05, 4.69) is 10.6 Å². The lowest BCUT2D eigenvalue weighted by atomic mass is 10.0. The maximum absolute atomic E-state index is 12.0. The molecule has 2 atom stereocenters. The molecule has 0 spiro atoms. The molecule has 0 saturated heterocycles. The number of hydrogen-bond acceptors (Lipinski definition) is 3. The lowest BCUT2D eigenvalue weighted by Crippen LogP contribution is -2.29. The van der Waals surface area contributed by atoms with E-state index >= 15 is 0 Å². The fourth-order valence-electron chi connectivity index (χ4n) is 2.51. The second-order valence-electron chi connectivity index (χ2n) is 4.99. The third kappa shape index (κ3) is 2.26. The standard InChI is InChI=1S/C16H16N2O2/c1-10(11-5-4-6-12(19)9-11)17-15-13-7-2-3-8-14(13)18-16(15)20/h2-10,15,17,19H,1H3,(H,18,20). The normalized spacial score (nSPS) is 18.4. The van der Waals surface area contributed by atoms with Crippen molar-refractivity contribution in [3.63, 3.8) is 0 Å². The molecule has 3 N–H and O–H groups in total. The second-order valence-corrected chi connectivity index (χ2v) is 4.99. The van der Waals surface area contributed by atoms with Crippen molar-refractivity contribution in [3.8, 4) is 5.75 Å². The lowest BCUT2D eigenvalue weighted by molar-refractivity contribution is -0.117. The maximum atomic E-state index is 12.0. The Morgan fingerprint density at radius 3 is 2.80 bits per heavy atom. The zero-order valence-electron chi connectivity index (χ0n) is 11.1. The molecule has 102 valence electrons. The summed E-state index contributed by atoms with van der Waals surface area (Å²) in [6, 6.07) is 14.3. The molecule has 4 heteroatoms. The van der Waals surface area contributed by atoms with Gasteiger partial charge in [-0.15, -0.1) is 0 Å². The van der Waals surface area contributed by atoms with Gasteiger partial charge in [0, 0.05) is 17.3 Å². The van der Waals surface area contributed by atoms with Crippen LogP contribution in [-0.4, -0.2) is 11.0 Å². The highest BCUT2D eigenvalue weighted by atomic mass is 16.3. The second kappa shape index (κ2) is 4.98. The van der Waals surface area contributed by atoms with Crippen LogP contribution in [0.2, 0.25) is 0 Å². The van der Waals surface area contributed by atoms with Crippen LogP contribution in [0.4, 0.5) is 5.69 Å². The molecular weight excluding hydrogens is 252 g/mol. The summed E-state index contributed by atoms with van der Waals surface area (Å²) in [5.74, 6) is 0.186. The van der Waals surface area contributed by atoms with E-state index in [-0.39, 0.29) is 23.7 Å². The largest absolute Gasteiger partial charge is 0.508 e. The molecule has 20 heavy (non-hydrogen) atoms. The van der Waals surface area contributed by atoms with Crippen molar-refractivity contribution in [2.45, 2.75) is 19.0 Å². The first-order valence-electron chi connectivity index (χ1n) is 6.60. The van der Waals surface area contributed by atoms with Crippen LogP contribution >= 0.6 is 0 Å². The van der Waals surface area contributed by atoms with Crippen LogP contribution in [0.1, 0.15) is 30.1 Å². The fraction of sp³-hybridized carbons (Fsp3) is 0.188. The summed E-state index contributed by atoms with van der Waals surface area (Å²) >= 11 is 0. The number of fused-ring (bicyclic) bond motifs is 1. The van der Waals surface area contributed by atoms with Gasteiger partial charge in [-0.1, -0.05) is 30.3 Å². The number of carbonyl (C=O) groups excluding carboxylic acids is 1. The Hall–Kier alpha value is -2.33. The number of anilines is 1. The molecule has 0 bridgehead atoms. The highest BCUT2D eigenvalue weighted by Crippen LogP contribution is 2.32. The van der Waals surface area contributed by atoms with E-state index in [1.165, 1.54) is 0 Å². The SMILES string of the molecule is CC(NC1C(=O)Nc2ccccc21)c1cccc(O)c1. The highest BCUT2D eigenvalue weighted by Gasteiger charge is 2.31. The molecule has 0 aliphatic carbocycles. The molecule has 2 aromatic rings. The number of para-hydroxylation sites is 1. The zero-order valence-corrected chi connectivity index (χ0v) is 11.1. The van der Waals surface area contributed by atoms with Gasteiger partial charge in [-0.25, -0.2) is 0 Å². The summed E-state index contributed by atoms with van der Waals surface area (Å²) in [5.41, 5.74) is 2.77. The van der Waals surface area contributed by atoms with Gasteiger partial charge in [0.05, 0.1) is 0 Å². The topological polar surface area (TPSA) is 61.4 Å². The van der Waals surface area contributed by atoms with E-state index in [1.54, 1.807) is 18.2 Å². The number of benzene rings is 2. The zero-order chi connectivity index (χ0) is 14.1. The molecule has 0 aromatic heterocycles. The minimum atomic E-state index is -0.358. The minimum Gasteiger partial charge on any atom is -0.508 e. The number of rotatable bonds is 3. The lowest BCUT2D eigenvalue weighted by Gasteiger charge is -2.19. The quantitative estimate of drug-likeness (QED) is 0.802. The van der Waals surface area contributed by atoms with Crippen molar-refractivity contribution < 1.29 is 9.90 Å². The van der Waals surface area contributed by atoms with Gasteiger partial charge in [-0.05, 0) is 30.7 Å². The van der Waals surface area contributed by atoms with Gasteiger partial charge in [0.25, 0.3) is 0 Å². The molecule has 0 radical (unpaired) electrons. The van der Waals surface area contributed by atoms with Crippen LogP contribution in [0.5, 0.6) is 5.75 Å². The Kier molecular flexibility index (Phi) is 3.16. The Labute approximate surface area is 117 Å². The van der Waals surface area contributed by atoms with E-state index in [4.69, 9.17) is 0 Å². The Balaban J connectivity index is 1.83. The van der Waals surface area contributed by atoms with Crippen molar-refractivity contribution >= 4 is 11.6 Å². The Morgan fingerprint density at radius 2 is 2.00 bits per heavy atom. The number of amides is 1. The van der Waals surface area contributed by atoms with E-state index < -0.39 is 0 Å². The molecule has 1 aliphatic heterocycles. The first-order chi connectivity index (χ1) is 9.65. The maximum Gasteiger partial charge on any atom is 0.246 e. The number of phenolic OH excluding ortho intramolecular Hbond substituents is 1. The van der Waals surface area contributed by atoms with Crippen molar-refractivity contribution in [1.82, 2.24) is 5.32 Å². The first-order valence-corrected chi connectivity index (χ1v) is 6.60. The molecule has 2 aromatic carbocycles. The molecular formula is C16H16N2O2. The molecule has 1 heterocycles. The summed E-state index contributed by atoms with van der Waals surface area (Å²) in [4.78, 5) is 12.0. The Morgan fingerprint density at radius 1 is 1.20 bits per heavy atom. The van der Waals surface area contributed by atoms with Crippen LogP contribution in [0.25, 0.3) is 0 Å². The fourth-order valence-corrected chi connectivity index (χ4v) is 2.51. The number of nitrogens with one attached hydrogen (secondary N) is 2. The third-order valence-corrected chi connectivity index (χ3v) is 3.58. The van der Waals surface area contributed by atoms with Gasteiger partial charge in [0.1, 0.15) is 11.8 Å². The summed E-state index contributed by atoms with van der Waals surface area (Å²) in [6.07, 6.45) is 0. The number of aromatic hydroxyl groups is 1. The predicted molar refractivity (Wildman–Crippen MR) is 77.5 cm³/mol. The van der Waals surface area contributed by atoms with Crippen LogP contribution < -0.4 is 10.6 Å². The monoisotopic (exact) mass is 268 g/mol. The number of carbonyl (C=O) groups is 1. The third-order valence-electron chi connectivity index (χ3n) is 3.58. The van der Waals surface area contributed by atoms with Crippen molar-refractivity contribution in [2.75, 3.05) is 5.32 Å². The summed E-state index contributed by atoms with van der Waals surface area (Å²) in [7, 11) is 0. The first kappa shape index (κ1) is 12.7. The Bertz CT molecular complexity index is 654. The number of phenols is 1. The van der Waals surface area contributed by atoms with Crippen molar-refractivity contribution in [1.29, 1.82) is 0 Å². The van der Waals surface area contributed by atoms with Gasteiger partial charge in [0.2, 0.25) is 5.91 Å². The van der Waals surface area contributed by atoms with Gasteiger partial charge >= 0.3 is 0 Å². The summed E-state index contributed by atoms with van der Waals surface area (Å²) in [6.45, 7) is 1.98. The predicted octanol–water partition coefficient (Wildman–Crippen LogP) is 2.74. The van der Waals surface area contributed by atoms with Crippen LogP contribution in [0.3, 0.4) is 0 Å². The molecule has 2 unspecified atom stereocenters. The van der Waals surface area contributed by atoms with E-state index in [0.29, 0.717) is 0 Å². The van der Waals surface area contributed by atoms with Crippen molar-refractivity contribution in [3.05, 3.63) is 59.7 Å². The van der Waals surface area contributed by atoms with Gasteiger partial charge in [0.15, 0.2) is 0 Å². The van der Waals surface area contributed by atoms with Crippen LogP contribution in [-0.2, 0) is 4.79 Å². The highest BCUT2D eigenvalue weighted by molar-refractivity contribution is 6.02. The van der Waals surface area contributed by atoms with Gasteiger partial charge < -0.3 is 10.4 Å². The van der Waals surface area contributed by atoms with Gasteiger partial charge in [-0.3, -0.25) is 10.1 Å². The van der Waals surface area contributed by atoms with E-state index in [9.17, 15) is 9.90 Å². The van der Waals surface area contributed by atoms with E-state index in [0.717, 1.165) is 16.8 Å². The molecule has 4 nitrogen and oxygen atoms in total. The molecule has 1 aliphatic rings. The minimum absolute atomic E-state index is 0.0380. The number of hydrogen-bond donors (Lipinski definition) is 3. The van der Waals surface area contributed by atoms with Crippen molar-refractivity contribution in [2.24, 2.45) is 0 Å². The van der Waals surface area contributed by atoms with Crippen LogP contribution in [0, 0.1) is 0 Å². The summed E-state index contributed by atoms with van der Waals surface area (Å²) in [5, 5.41) is 15.7. The molecule has 3 rings (SSSR count). The van der Waals surface area contributed by atoms with Crippen LogP contribution in [0.15, 0.2) is 48.5 Å². The average molecular weight is 268 g/mol. The van der Waals surface area contributed by atoms with Gasteiger partial charge in [-0.2, -0.15) is 0 Å². The molecule has 0 saturated carbocycles. The molecule has 0 fully saturated rings. The molecule has 1 amide bonds. The smallest absolute Gasteiger partial charge is 0.246 e.